The third kappa shape index (κ3) is 6.79. The summed E-state index contributed by atoms with van der Waals surface area (Å²) in [5.74, 6) is 3.11. The molecule has 0 aromatic heterocycles. The van der Waals surface area contributed by atoms with Crippen molar-refractivity contribution in [3.05, 3.63) is 29.8 Å². The molecule has 0 aliphatic carbocycles. The lowest BCUT2D eigenvalue weighted by atomic mass is 10.2. The first-order valence-corrected chi connectivity index (χ1v) is 10.5. The van der Waals surface area contributed by atoms with Crippen LogP contribution < -0.4 is 15.4 Å². The normalized spacial score (nSPS) is 21.3. The van der Waals surface area contributed by atoms with E-state index in [4.69, 9.17) is 9.47 Å². The standard InChI is InChI=1S/C19H29N3O3S/c23-19(13-17-15-26-11-4-20-17)21-14-16-2-1-3-18(12-16)25-10-7-22-5-8-24-9-6-22/h1-3,12,17,20H,4-11,13-15H2,(H,21,23). The smallest absolute Gasteiger partial charge is 0.221 e. The number of carbonyl (C=O) groups is 1. The summed E-state index contributed by atoms with van der Waals surface area (Å²) in [5, 5.41) is 6.41. The second kappa shape index (κ2) is 10.8. The fraction of sp³-hybridized carbons (Fsp3) is 0.632. The van der Waals surface area contributed by atoms with Crippen molar-refractivity contribution in [1.29, 1.82) is 0 Å². The Morgan fingerprint density at radius 2 is 2.27 bits per heavy atom. The van der Waals surface area contributed by atoms with Gasteiger partial charge in [0.2, 0.25) is 5.91 Å². The lowest BCUT2D eigenvalue weighted by Crippen LogP contribution is -2.41. The number of nitrogens with one attached hydrogen (secondary N) is 2. The number of hydrogen-bond donors (Lipinski definition) is 2. The molecule has 2 aliphatic heterocycles. The van der Waals surface area contributed by atoms with Gasteiger partial charge in [-0.25, -0.2) is 0 Å². The number of nitrogens with zero attached hydrogens (tertiary/aromatic N) is 1. The summed E-state index contributed by atoms with van der Waals surface area (Å²) in [6, 6.07) is 8.26. The van der Waals surface area contributed by atoms with Crippen LogP contribution in [0.2, 0.25) is 0 Å². The monoisotopic (exact) mass is 379 g/mol. The molecule has 1 unspecified atom stereocenters. The SMILES string of the molecule is O=C(CC1CSCCN1)NCc1cccc(OCCN2CCOCC2)c1. The number of benzene rings is 1. The minimum Gasteiger partial charge on any atom is -0.492 e. The summed E-state index contributed by atoms with van der Waals surface area (Å²) in [5.41, 5.74) is 1.06. The molecule has 7 heteroatoms. The van der Waals surface area contributed by atoms with Crippen molar-refractivity contribution in [2.24, 2.45) is 0 Å². The summed E-state index contributed by atoms with van der Waals surface area (Å²) in [6.45, 7) is 6.69. The third-order valence-electron chi connectivity index (χ3n) is 4.60. The first kappa shape index (κ1) is 19.5. The number of ether oxygens (including phenoxy) is 2. The van der Waals surface area contributed by atoms with Crippen LogP contribution in [0.15, 0.2) is 24.3 Å². The van der Waals surface area contributed by atoms with Gasteiger partial charge in [-0.2, -0.15) is 11.8 Å². The molecule has 144 valence electrons. The lowest BCUT2D eigenvalue weighted by molar-refractivity contribution is -0.121. The molecule has 0 saturated carbocycles. The quantitative estimate of drug-likeness (QED) is 0.706. The van der Waals surface area contributed by atoms with Crippen molar-refractivity contribution in [2.75, 3.05) is 57.5 Å². The fourth-order valence-electron chi connectivity index (χ4n) is 3.11. The maximum absolute atomic E-state index is 12.1. The predicted molar refractivity (Wildman–Crippen MR) is 105 cm³/mol. The van der Waals surface area contributed by atoms with E-state index in [2.05, 4.69) is 15.5 Å². The lowest BCUT2D eigenvalue weighted by Gasteiger charge is -2.26. The maximum Gasteiger partial charge on any atom is 0.221 e. The Labute approximate surface area is 160 Å². The average molecular weight is 380 g/mol. The highest BCUT2D eigenvalue weighted by Crippen LogP contribution is 2.14. The topological polar surface area (TPSA) is 62.8 Å². The Bertz CT molecular complexity index is 561. The third-order valence-corrected chi connectivity index (χ3v) is 5.73. The molecule has 2 saturated heterocycles. The predicted octanol–water partition coefficient (Wildman–Crippen LogP) is 1.11. The highest BCUT2D eigenvalue weighted by atomic mass is 32.2. The summed E-state index contributed by atoms with van der Waals surface area (Å²) in [6.07, 6.45) is 0.544. The number of thioether (sulfide) groups is 1. The van der Waals surface area contributed by atoms with Crippen LogP contribution in [0.25, 0.3) is 0 Å². The van der Waals surface area contributed by atoms with Gasteiger partial charge >= 0.3 is 0 Å². The van der Waals surface area contributed by atoms with Crippen molar-refractivity contribution < 1.29 is 14.3 Å². The minimum atomic E-state index is 0.101. The molecule has 2 N–H and O–H groups in total. The van der Waals surface area contributed by atoms with Gasteiger partial charge in [-0.05, 0) is 17.7 Å². The zero-order valence-electron chi connectivity index (χ0n) is 15.2. The van der Waals surface area contributed by atoms with E-state index in [0.717, 1.165) is 62.2 Å². The van der Waals surface area contributed by atoms with Crippen LogP contribution in [0.4, 0.5) is 0 Å². The van der Waals surface area contributed by atoms with Crippen LogP contribution in [0, 0.1) is 0 Å². The molecular formula is C19H29N3O3S. The Kier molecular flexibility index (Phi) is 8.07. The van der Waals surface area contributed by atoms with Crippen molar-refractivity contribution in [2.45, 2.75) is 19.0 Å². The number of amides is 1. The largest absolute Gasteiger partial charge is 0.492 e. The molecule has 1 atom stereocenters. The van der Waals surface area contributed by atoms with Crippen LogP contribution in [0.3, 0.4) is 0 Å². The molecular weight excluding hydrogens is 350 g/mol. The van der Waals surface area contributed by atoms with Gasteiger partial charge in [-0.3, -0.25) is 9.69 Å². The highest BCUT2D eigenvalue weighted by Gasteiger charge is 2.16. The highest BCUT2D eigenvalue weighted by molar-refractivity contribution is 7.99. The molecule has 26 heavy (non-hydrogen) atoms. The molecule has 2 fully saturated rings. The number of rotatable bonds is 8. The second-order valence-electron chi connectivity index (χ2n) is 6.66. The van der Waals surface area contributed by atoms with E-state index in [1.165, 1.54) is 0 Å². The van der Waals surface area contributed by atoms with Gasteiger partial charge in [0.25, 0.3) is 0 Å². The van der Waals surface area contributed by atoms with Gasteiger partial charge in [0, 0.05) is 56.7 Å². The van der Waals surface area contributed by atoms with Crippen molar-refractivity contribution >= 4 is 17.7 Å². The van der Waals surface area contributed by atoms with E-state index in [1.807, 2.05) is 36.0 Å². The molecule has 0 spiro atoms. The Morgan fingerprint density at radius 3 is 3.08 bits per heavy atom. The minimum absolute atomic E-state index is 0.101. The van der Waals surface area contributed by atoms with Gasteiger partial charge in [-0.15, -0.1) is 0 Å². The van der Waals surface area contributed by atoms with E-state index in [1.54, 1.807) is 0 Å². The van der Waals surface area contributed by atoms with Gasteiger partial charge in [0.05, 0.1) is 13.2 Å². The molecule has 0 radical (unpaired) electrons. The van der Waals surface area contributed by atoms with Gasteiger partial charge in [0.15, 0.2) is 0 Å². The van der Waals surface area contributed by atoms with E-state index in [9.17, 15) is 4.79 Å². The van der Waals surface area contributed by atoms with Gasteiger partial charge in [0.1, 0.15) is 12.4 Å². The summed E-state index contributed by atoms with van der Waals surface area (Å²) >= 11 is 1.91. The molecule has 0 bridgehead atoms. The molecule has 1 aromatic rings. The van der Waals surface area contributed by atoms with Crippen LogP contribution in [0.5, 0.6) is 5.75 Å². The van der Waals surface area contributed by atoms with Crippen LogP contribution in [-0.4, -0.2) is 74.4 Å². The molecule has 6 nitrogen and oxygen atoms in total. The van der Waals surface area contributed by atoms with E-state index in [0.29, 0.717) is 25.6 Å². The van der Waals surface area contributed by atoms with Crippen molar-refractivity contribution in [3.8, 4) is 5.75 Å². The Morgan fingerprint density at radius 1 is 1.38 bits per heavy atom. The summed E-state index contributed by atoms with van der Waals surface area (Å²) < 4.78 is 11.2. The number of hydrogen-bond acceptors (Lipinski definition) is 6. The summed E-state index contributed by atoms with van der Waals surface area (Å²) in [4.78, 5) is 14.5. The van der Waals surface area contributed by atoms with Crippen LogP contribution >= 0.6 is 11.8 Å². The first-order chi connectivity index (χ1) is 12.8. The maximum atomic E-state index is 12.1. The van der Waals surface area contributed by atoms with E-state index in [-0.39, 0.29) is 5.91 Å². The molecule has 2 aliphatic rings. The first-order valence-electron chi connectivity index (χ1n) is 9.39. The van der Waals surface area contributed by atoms with Crippen LogP contribution in [-0.2, 0) is 16.1 Å². The van der Waals surface area contributed by atoms with Crippen molar-refractivity contribution in [1.82, 2.24) is 15.5 Å². The molecule has 1 aromatic carbocycles. The van der Waals surface area contributed by atoms with Gasteiger partial charge in [-0.1, -0.05) is 12.1 Å². The Balaban J connectivity index is 1.36. The molecule has 1 amide bonds. The number of carbonyl (C=O) groups excluding carboxylic acids is 1. The van der Waals surface area contributed by atoms with E-state index < -0.39 is 0 Å². The zero-order chi connectivity index (χ0) is 18.0. The van der Waals surface area contributed by atoms with E-state index >= 15 is 0 Å². The average Bonchev–Trinajstić information content (AvgIpc) is 2.68. The fourth-order valence-corrected chi connectivity index (χ4v) is 4.06. The van der Waals surface area contributed by atoms with Crippen molar-refractivity contribution in [3.63, 3.8) is 0 Å². The zero-order valence-corrected chi connectivity index (χ0v) is 16.1. The second-order valence-corrected chi connectivity index (χ2v) is 7.81. The molecule has 2 heterocycles. The van der Waals surface area contributed by atoms with Crippen LogP contribution in [0.1, 0.15) is 12.0 Å². The number of morpholine rings is 1. The van der Waals surface area contributed by atoms with Gasteiger partial charge < -0.3 is 20.1 Å². The summed E-state index contributed by atoms with van der Waals surface area (Å²) in [7, 11) is 0. The Hall–Kier alpha value is -1.28. The molecule has 3 rings (SSSR count).